The lowest BCUT2D eigenvalue weighted by Gasteiger charge is -2.14. The normalized spacial score (nSPS) is 11.9. The number of nitrogens with zero attached hydrogens (tertiary/aromatic N) is 8. The molecule has 0 amide bonds. The Labute approximate surface area is 760 Å². The molecule has 2 aliphatic rings. The van der Waals surface area contributed by atoms with Gasteiger partial charge < -0.3 is 13.7 Å². The Morgan fingerprint density at radius 2 is 0.462 bits per heavy atom. The molecule has 0 fully saturated rings. The molecule has 2 aliphatic carbocycles. The molecule has 6 aromatic heterocycles. The van der Waals surface area contributed by atoms with Gasteiger partial charge in [-0.05, 0) is 197 Å². The quantitative estimate of drug-likeness (QED) is 0.122. The average Bonchev–Trinajstić information content (AvgIpc) is 1.38. The Hall–Kier alpha value is -17.7. The highest BCUT2D eigenvalue weighted by atomic mass is 15.2. The summed E-state index contributed by atoms with van der Waals surface area (Å²) in [6.45, 7) is 0. The molecule has 612 valence electrons. The number of para-hydroxylation sites is 4. The molecule has 8 nitrogen and oxygen atoms in total. The smallest absolute Gasteiger partial charge is 0.235 e. The van der Waals surface area contributed by atoms with Crippen molar-refractivity contribution >= 4 is 109 Å². The van der Waals surface area contributed by atoms with Crippen LogP contribution in [0.1, 0.15) is 0 Å². The van der Waals surface area contributed by atoms with Crippen LogP contribution >= 0.6 is 0 Å². The van der Waals surface area contributed by atoms with E-state index in [1.165, 1.54) is 165 Å². The Balaban J connectivity index is 0.000000137. The largest absolute Gasteiger partial charge is 0.309 e. The van der Waals surface area contributed by atoms with Crippen LogP contribution in [0, 0.1) is 0 Å². The third-order valence-electron chi connectivity index (χ3n) is 27.4. The monoisotopic (exact) mass is 1680 g/mol. The minimum atomic E-state index is 0.644. The number of benzene rings is 20. The zero-order valence-corrected chi connectivity index (χ0v) is 71.5. The molecule has 20 aromatic carbocycles. The molecule has 132 heavy (non-hydrogen) atoms. The zero-order chi connectivity index (χ0) is 86.6. The van der Waals surface area contributed by atoms with E-state index in [2.05, 4.69) is 443 Å². The summed E-state index contributed by atoms with van der Waals surface area (Å²) < 4.78 is 9.56. The van der Waals surface area contributed by atoms with Gasteiger partial charge in [-0.15, -0.1) is 0 Å². The maximum atomic E-state index is 5.28. The van der Waals surface area contributed by atoms with E-state index in [9.17, 15) is 0 Å². The predicted molar refractivity (Wildman–Crippen MR) is 549 cm³/mol. The predicted octanol–water partition coefficient (Wildman–Crippen LogP) is 32.3. The lowest BCUT2D eigenvalue weighted by Crippen LogP contribution is -2.04. The summed E-state index contributed by atoms with van der Waals surface area (Å²) in [6, 6.07) is 166. The van der Waals surface area contributed by atoms with Crippen LogP contribution in [0.5, 0.6) is 0 Å². The number of aromatic nitrogens is 8. The molecule has 8 heteroatoms. The van der Waals surface area contributed by atoms with E-state index < -0.39 is 0 Å². The molecule has 0 spiro atoms. The van der Waals surface area contributed by atoms with Gasteiger partial charge in [-0.25, -0.2) is 19.9 Å². The molecule has 0 saturated heterocycles. The van der Waals surface area contributed by atoms with Gasteiger partial charge in [0, 0.05) is 87.7 Å². The summed E-state index contributed by atoms with van der Waals surface area (Å²) in [7, 11) is 0. The lowest BCUT2D eigenvalue weighted by molar-refractivity contribution is 0.995. The van der Waals surface area contributed by atoms with E-state index in [1.807, 2.05) is 36.4 Å². The van der Waals surface area contributed by atoms with Crippen molar-refractivity contribution in [2.24, 2.45) is 0 Å². The van der Waals surface area contributed by atoms with Gasteiger partial charge in [-0.1, -0.05) is 358 Å². The highest BCUT2D eigenvalue weighted by Crippen LogP contribution is 2.53. The number of rotatable bonds is 12. The second-order valence-electron chi connectivity index (χ2n) is 34.6. The second kappa shape index (κ2) is 30.0. The molecule has 0 unspecified atom stereocenters. The van der Waals surface area contributed by atoms with Crippen molar-refractivity contribution in [3.63, 3.8) is 0 Å². The summed E-state index contributed by atoms with van der Waals surface area (Å²) >= 11 is 0. The highest BCUT2D eigenvalue weighted by Gasteiger charge is 2.29. The first-order valence-corrected chi connectivity index (χ1v) is 45.1. The first-order valence-electron chi connectivity index (χ1n) is 45.1. The zero-order valence-electron chi connectivity index (χ0n) is 71.5. The molecular formula is C124H76N8. The van der Waals surface area contributed by atoms with Crippen molar-refractivity contribution in [2.45, 2.75) is 0 Å². The summed E-state index contributed by atoms with van der Waals surface area (Å²) in [5, 5.41) is 14.9. The van der Waals surface area contributed by atoms with E-state index in [4.69, 9.17) is 19.9 Å². The first kappa shape index (κ1) is 74.5. The van der Waals surface area contributed by atoms with Crippen molar-refractivity contribution in [1.29, 1.82) is 0 Å². The van der Waals surface area contributed by atoms with Crippen molar-refractivity contribution in [1.82, 2.24) is 38.2 Å². The van der Waals surface area contributed by atoms with Crippen LogP contribution < -0.4 is 0 Å². The van der Waals surface area contributed by atoms with E-state index in [-0.39, 0.29) is 0 Å². The average molecular weight is 1680 g/mol. The van der Waals surface area contributed by atoms with Crippen molar-refractivity contribution in [3.05, 3.63) is 461 Å². The molecule has 26 aromatic rings. The van der Waals surface area contributed by atoms with Crippen molar-refractivity contribution < 1.29 is 0 Å². The Morgan fingerprint density at radius 1 is 0.144 bits per heavy atom. The van der Waals surface area contributed by atoms with Crippen LogP contribution in [0.25, 0.3) is 266 Å². The second-order valence-corrected chi connectivity index (χ2v) is 34.6. The first-order chi connectivity index (χ1) is 65.5. The minimum Gasteiger partial charge on any atom is -0.309 e. The van der Waals surface area contributed by atoms with E-state index in [0.29, 0.717) is 11.8 Å². The van der Waals surface area contributed by atoms with Crippen LogP contribution in [0.2, 0.25) is 0 Å². The van der Waals surface area contributed by atoms with E-state index in [1.54, 1.807) is 0 Å². The molecule has 0 bridgehead atoms. The lowest BCUT2D eigenvalue weighted by atomic mass is 9.94. The van der Waals surface area contributed by atoms with E-state index >= 15 is 0 Å². The third kappa shape index (κ3) is 11.7. The third-order valence-corrected chi connectivity index (χ3v) is 27.4. The van der Waals surface area contributed by atoms with Crippen LogP contribution in [-0.4, -0.2) is 38.2 Å². The van der Waals surface area contributed by atoms with Gasteiger partial charge in [0.15, 0.2) is 5.82 Å². The van der Waals surface area contributed by atoms with Gasteiger partial charge in [-0.3, -0.25) is 4.57 Å². The fourth-order valence-electron chi connectivity index (χ4n) is 21.6. The number of hydrogen-bond donors (Lipinski definition) is 0. The van der Waals surface area contributed by atoms with Crippen LogP contribution in [-0.2, 0) is 0 Å². The molecule has 0 saturated carbocycles. The van der Waals surface area contributed by atoms with Gasteiger partial charge in [0.05, 0.1) is 72.6 Å². The van der Waals surface area contributed by atoms with Gasteiger partial charge in [-0.2, -0.15) is 0 Å². The fraction of sp³-hybridized carbons (Fsp3) is 0. The molecular weight excluding hydrogens is 1600 g/mol. The summed E-state index contributed by atoms with van der Waals surface area (Å²) in [6.07, 6.45) is 0. The van der Waals surface area contributed by atoms with Crippen molar-refractivity contribution in [3.8, 4) is 157 Å². The topological polar surface area (TPSA) is 71.3 Å². The molecule has 6 heterocycles. The van der Waals surface area contributed by atoms with Crippen molar-refractivity contribution in [2.75, 3.05) is 0 Å². The van der Waals surface area contributed by atoms with Crippen LogP contribution in [0.15, 0.2) is 461 Å². The van der Waals surface area contributed by atoms with Gasteiger partial charge in [0.25, 0.3) is 0 Å². The maximum absolute atomic E-state index is 5.28. The van der Waals surface area contributed by atoms with Crippen LogP contribution in [0.3, 0.4) is 0 Å². The molecule has 0 N–H and O–H groups in total. The standard InChI is InChI=1S/C68H42N4.C56H34N4/c1-3-17-43(18-4-1)60-42-61(70-68(69-60)44-19-5-2-6-20-44)47-22-14-24-49(40-47)71-62-32-11-9-27-54(62)59-41-46(35-38-64(59)71)51-29-16-34-65-67(51)58-28-10-12-33-63(58)72(65)48-23-13-21-45(39-48)50-36-37-57-53-26-8-7-25-52(53)56-31-15-30-55(50)66(56)57;1-3-15-35(16-4-1)47-34-48(36-17-5-2-6-18-36)58-56(57-47)60-50-27-12-10-22-45(50)55-38(23-14-28-53(55)60)37-29-31-52-46(33-37)41-21-9-11-26-49(41)59(52)51-32-30-43-40-20-8-7-19-39(40)42-24-13-25-44(51)54(42)43/h1-42H;1-34H. The van der Waals surface area contributed by atoms with Gasteiger partial charge in [0.2, 0.25) is 5.95 Å². The SMILES string of the molecule is c1ccc(-c2cc(-c3cccc(-n4c5ccccc5c5cc(-c6cccc7c6c6ccccc6n7-c6cccc(-c7ccc8c9c(cccc79)-c7ccccc7-8)c6)ccc54)c3)nc(-c3ccccc3)n2)cc1.c1ccc(-c2cc(-c3ccccc3)nc(-n3c4ccccc4c4c(-c5ccc6c(c5)c5ccccc5n6-c5ccc6c7c(cccc57)-c5ccccc5-6)cccc43)n2)cc1. The Kier molecular flexibility index (Phi) is 16.9. The summed E-state index contributed by atoms with van der Waals surface area (Å²) in [5.41, 5.74) is 38.9. The summed E-state index contributed by atoms with van der Waals surface area (Å²) in [5.74, 6) is 1.35. The molecule has 0 atom stereocenters. The number of hydrogen-bond acceptors (Lipinski definition) is 4. The van der Waals surface area contributed by atoms with Gasteiger partial charge in [0.1, 0.15) is 0 Å². The molecule has 0 aliphatic heterocycles. The molecule has 28 rings (SSSR count). The number of fused-ring (bicyclic) bond motifs is 18. The van der Waals surface area contributed by atoms with E-state index in [0.717, 1.165) is 89.4 Å². The summed E-state index contributed by atoms with van der Waals surface area (Å²) in [4.78, 5) is 20.8. The van der Waals surface area contributed by atoms with Gasteiger partial charge >= 0.3 is 0 Å². The van der Waals surface area contributed by atoms with Crippen LogP contribution in [0.4, 0.5) is 0 Å². The Bertz CT molecular complexity index is 9100. The maximum Gasteiger partial charge on any atom is 0.235 e. The Morgan fingerprint density at radius 3 is 1.00 bits per heavy atom. The fourth-order valence-corrected chi connectivity index (χ4v) is 21.6. The molecule has 0 radical (unpaired) electrons. The minimum absolute atomic E-state index is 0.644. The highest BCUT2D eigenvalue weighted by molar-refractivity contribution is 6.23.